The number of benzene rings is 1. The summed E-state index contributed by atoms with van der Waals surface area (Å²) in [4.78, 5) is 12.4. The Kier molecular flexibility index (Phi) is 4.70. The fraction of sp³-hybridized carbons (Fsp3) is 0.500. The predicted molar refractivity (Wildman–Crippen MR) is 70.8 cm³/mol. The number of hydrogen-bond acceptors (Lipinski definition) is 2. The first kappa shape index (κ1) is 13.7. The van der Waals surface area contributed by atoms with E-state index in [4.69, 9.17) is 0 Å². The van der Waals surface area contributed by atoms with Gasteiger partial charge >= 0.3 is 0 Å². The average molecular weight is 234 g/mol. The molecule has 17 heavy (non-hydrogen) atoms. The molecule has 0 aliphatic carbocycles. The number of hydrogen-bond donors (Lipinski definition) is 1. The molecule has 3 heteroatoms. The number of rotatable bonds is 4. The Bertz CT molecular complexity index is 386. The number of hydrazine groups is 1. The summed E-state index contributed by atoms with van der Waals surface area (Å²) in [6, 6.07) is 8.04. The Balaban J connectivity index is 2.96. The second-order valence-corrected chi connectivity index (χ2v) is 4.87. The molecule has 0 radical (unpaired) electrons. The van der Waals surface area contributed by atoms with Crippen LogP contribution >= 0.6 is 0 Å². The van der Waals surface area contributed by atoms with E-state index in [2.05, 4.69) is 5.43 Å². The van der Waals surface area contributed by atoms with Crippen molar-refractivity contribution in [2.45, 2.75) is 46.7 Å². The molecule has 0 unspecified atom stereocenters. The van der Waals surface area contributed by atoms with E-state index in [0.29, 0.717) is 0 Å². The van der Waals surface area contributed by atoms with Crippen molar-refractivity contribution in [2.75, 3.05) is 0 Å². The molecule has 0 saturated carbocycles. The Labute approximate surface area is 104 Å². The first-order valence-electron chi connectivity index (χ1n) is 6.08. The van der Waals surface area contributed by atoms with Gasteiger partial charge in [-0.2, -0.15) is 0 Å². The molecular weight excluding hydrogens is 212 g/mol. The predicted octanol–water partition coefficient (Wildman–Crippen LogP) is 2.76. The third-order valence-electron chi connectivity index (χ3n) is 2.51. The molecule has 0 fully saturated rings. The Morgan fingerprint density at radius 3 is 2.24 bits per heavy atom. The largest absolute Gasteiger partial charge is 0.271 e. The van der Waals surface area contributed by atoms with Crippen LogP contribution in [0.5, 0.6) is 0 Å². The molecule has 0 aliphatic heterocycles. The Morgan fingerprint density at radius 1 is 1.18 bits per heavy atom. The molecule has 1 N–H and O–H groups in total. The minimum atomic E-state index is 0.0341. The summed E-state index contributed by atoms with van der Waals surface area (Å²) >= 11 is 0. The number of nitrogens with one attached hydrogen (secondary N) is 1. The van der Waals surface area contributed by atoms with Crippen LogP contribution in [0.1, 0.15) is 43.6 Å². The molecule has 94 valence electrons. The van der Waals surface area contributed by atoms with Gasteiger partial charge in [0.1, 0.15) is 0 Å². The molecule has 3 nitrogen and oxygen atoms in total. The highest BCUT2D eigenvalue weighted by atomic mass is 16.2. The van der Waals surface area contributed by atoms with Crippen LogP contribution in [-0.4, -0.2) is 23.0 Å². The molecule has 0 aromatic heterocycles. The van der Waals surface area contributed by atoms with Crippen molar-refractivity contribution in [2.24, 2.45) is 0 Å². The van der Waals surface area contributed by atoms with Crippen LogP contribution in [0.25, 0.3) is 0 Å². The molecule has 0 atom stereocenters. The van der Waals surface area contributed by atoms with E-state index in [1.807, 2.05) is 58.9 Å². The van der Waals surface area contributed by atoms with E-state index in [-0.39, 0.29) is 18.0 Å². The summed E-state index contributed by atoms with van der Waals surface area (Å²) in [7, 11) is 0. The third kappa shape index (κ3) is 3.56. The molecule has 1 aromatic carbocycles. The minimum Gasteiger partial charge on any atom is -0.271 e. The molecular formula is C14H22N2O. The first-order valence-corrected chi connectivity index (χ1v) is 6.08. The lowest BCUT2D eigenvalue weighted by Gasteiger charge is -2.30. The number of amides is 1. The van der Waals surface area contributed by atoms with Crippen molar-refractivity contribution in [3.05, 3.63) is 35.4 Å². The highest BCUT2D eigenvalue weighted by Crippen LogP contribution is 2.11. The van der Waals surface area contributed by atoms with Crippen molar-refractivity contribution in [1.29, 1.82) is 0 Å². The van der Waals surface area contributed by atoms with Gasteiger partial charge in [0.15, 0.2) is 0 Å². The highest BCUT2D eigenvalue weighted by Gasteiger charge is 2.20. The van der Waals surface area contributed by atoms with Gasteiger partial charge in [-0.25, -0.2) is 5.43 Å². The summed E-state index contributed by atoms with van der Waals surface area (Å²) < 4.78 is 0. The van der Waals surface area contributed by atoms with Crippen molar-refractivity contribution in [3.63, 3.8) is 0 Å². The molecule has 1 rings (SSSR count). The van der Waals surface area contributed by atoms with Crippen molar-refractivity contribution in [1.82, 2.24) is 10.4 Å². The summed E-state index contributed by atoms with van der Waals surface area (Å²) in [5.74, 6) is 0.0341. The van der Waals surface area contributed by atoms with E-state index in [1.165, 1.54) is 0 Å². The minimum absolute atomic E-state index is 0.0341. The zero-order valence-corrected chi connectivity index (χ0v) is 11.3. The molecule has 1 amide bonds. The lowest BCUT2D eigenvalue weighted by molar-refractivity contribution is 0.0549. The smallest absolute Gasteiger partial charge is 0.268 e. The van der Waals surface area contributed by atoms with Crippen LogP contribution in [-0.2, 0) is 0 Å². The quantitative estimate of drug-likeness (QED) is 0.812. The second-order valence-electron chi connectivity index (χ2n) is 4.87. The maximum atomic E-state index is 12.4. The molecule has 0 bridgehead atoms. The summed E-state index contributed by atoms with van der Waals surface area (Å²) in [5, 5.41) is 1.70. The van der Waals surface area contributed by atoms with Crippen LogP contribution in [0.3, 0.4) is 0 Å². The highest BCUT2D eigenvalue weighted by molar-refractivity contribution is 5.95. The van der Waals surface area contributed by atoms with Gasteiger partial charge in [-0.05, 0) is 46.2 Å². The van der Waals surface area contributed by atoms with Gasteiger partial charge in [-0.1, -0.05) is 18.2 Å². The maximum absolute atomic E-state index is 12.4. The van der Waals surface area contributed by atoms with E-state index >= 15 is 0 Å². The first-order chi connectivity index (χ1) is 7.93. The van der Waals surface area contributed by atoms with Gasteiger partial charge in [0.2, 0.25) is 0 Å². The number of carbonyl (C=O) groups excluding carboxylic acids is 1. The van der Waals surface area contributed by atoms with Gasteiger partial charge < -0.3 is 0 Å². The number of aryl methyl sites for hydroxylation is 1. The monoisotopic (exact) mass is 234 g/mol. The maximum Gasteiger partial charge on any atom is 0.268 e. The standard InChI is InChI=1S/C14H22N2O/c1-10(2)15-16(11(3)4)14(17)13-9-7-6-8-12(13)5/h6-11,15H,1-5H3. The van der Waals surface area contributed by atoms with Crippen LogP contribution < -0.4 is 5.43 Å². The number of carbonyl (C=O) groups is 1. The summed E-state index contributed by atoms with van der Waals surface area (Å²) in [6.45, 7) is 10.0. The van der Waals surface area contributed by atoms with Crippen LogP contribution in [0, 0.1) is 6.92 Å². The van der Waals surface area contributed by atoms with Gasteiger partial charge in [-0.15, -0.1) is 0 Å². The van der Waals surface area contributed by atoms with E-state index in [0.717, 1.165) is 11.1 Å². The van der Waals surface area contributed by atoms with Crippen molar-refractivity contribution >= 4 is 5.91 Å². The summed E-state index contributed by atoms with van der Waals surface area (Å²) in [5.41, 5.74) is 4.96. The zero-order chi connectivity index (χ0) is 13.0. The van der Waals surface area contributed by atoms with E-state index in [9.17, 15) is 4.79 Å². The lowest BCUT2D eigenvalue weighted by atomic mass is 10.1. The molecule has 0 aliphatic rings. The van der Waals surface area contributed by atoms with Crippen LogP contribution in [0.4, 0.5) is 0 Å². The van der Waals surface area contributed by atoms with Crippen LogP contribution in [0.15, 0.2) is 24.3 Å². The van der Waals surface area contributed by atoms with Crippen molar-refractivity contribution in [3.8, 4) is 0 Å². The number of nitrogens with zero attached hydrogens (tertiary/aromatic N) is 1. The second kappa shape index (κ2) is 5.82. The van der Waals surface area contributed by atoms with Gasteiger partial charge in [0, 0.05) is 17.6 Å². The third-order valence-corrected chi connectivity index (χ3v) is 2.51. The Morgan fingerprint density at radius 2 is 1.76 bits per heavy atom. The molecule has 0 heterocycles. The molecule has 0 spiro atoms. The molecule has 0 saturated heterocycles. The van der Waals surface area contributed by atoms with E-state index < -0.39 is 0 Å². The summed E-state index contributed by atoms with van der Waals surface area (Å²) in [6.07, 6.45) is 0. The molecule has 1 aromatic rings. The normalized spacial score (nSPS) is 11.0. The van der Waals surface area contributed by atoms with Gasteiger partial charge in [0.05, 0.1) is 0 Å². The zero-order valence-electron chi connectivity index (χ0n) is 11.3. The fourth-order valence-corrected chi connectivity index (χ4v) is 1.66. The Hall–Kier alpha value is -1.35. The average Bonchev–Trinajstić information content (AvgIpc) is 2.25. The van der Waals surface area contributed by atoms with Crippen LogP contribution in [0.2, 0.25) is 0 Å². The van der Waals surface area contributed by atoms with Crippen molar-refractivity contribution < 1.29 is 4.79 Å². The van der Waals surface area contributed by atoms with Gasteiger partial charge in [-0.3, -0.25) is 9.80 Å². The SMILES string of the molecule is Cc1ccccc1C(=O)N(NC(C)C)C(C)C. The van der Waals surface area contributed by atoms with E-state index in [1.54, 1.807) is 5.01 Å². The van der Waals surface area contributed by atoms with Gasteiger partial charge in [0.25, 0.3) is 5.91 Å². The topological polar surface area (TPSA) is 32.3 Å². The fourth-order valence-electron chi connectivity index (χ4n) is 1.66. The lowest BCUT2D eigenvalue weighted by Crippen LogP contribution is -2.50.